The maximum absolute atomic E-state index is 14.0. The van der Waals surface area contributed by atoms with Gasteiger partial charge in [0.2, 0.25) is 10.0 Å². The molecule has 0 aliphatic heterocycles. The number of methoxy groups -OCH3 is 2. The summed E-state index contributed by atoms with van der Waals surface area (Å²) >= 11 is 0. The molecule has 252 valence electrons. The average Bonchev–Trinajstić information content (AvgIpc) is 2.98. The smallest absolute Gasteiger partial charge is 0.320 e. The number of carbonyl (C=O) groups excluding carboxylic acids is 2. The fourth-order valence-corrected chi connectivity index (χ4v) is 7.27. The monoisotopic (exact) mass is 681 g/mol. The van der Waals surface area contributed by atoms with Crippen molar-refractivity contribution >= 4 is 38.1 Å². The van der Waals surface area contributed by atoms with Gasteiger partial charge in [-0.15, -0.1) is 0 Å². The van der Waals surface area contributed by atoms with Gasteiger partial charge in [0.05, 0.1) is 20.0 Å². The SMILES string of the molecule is COC(=O)C(C(=O)OC)C(CS(=O)(=O)N(COCC[Si](C)(C)C)COCC[Si](C)(C)C)c1ccc(OCc2ccccc2)cc1. The third-order valence-electron chi connectivity index (χ3n) is 7.12. The summed E-state index contributed by atoms with van der Waals surface area (Å²) in [5, 5.41) is 0. The van der Waals surface area contributed by atoms with Crippen LogP contribution in [0.15, 0.2) is 54.6 Å². The predicted molar refractivity (Wildman–Crippen MR) is 181 cm³/mol. The van der Waals surface area contributed by atoms with Crippen LogP contribution in [0.1, 0.15) is 17.0 Å². The van der Waals surface area contributed by atoms with Gasteiger partial charge in [0.15, 0.2) is 5.92 Å². The number of hydrogen-bond donors (Lipinski definition) is 0. The van der Waals surface area contributed by atoms with Gasteiger partial charge in [-0.3, -0.25) is 9.59 Å². The van der Waals surface area contributed by atoms with Gasteiger partial charge in [-0.1, -0.05) is 81.7 Å². The fraction of sp³-hybridized carbons (Fsp3) is 0.562. The summed E-state index contributed by atoms with van der Waals surface area (Å²) in [6.07, 6.45) is 0. The number of sulfonamides is 1. The summed E-state index contributed by atoms with van der Waals surface area (Å²) in [7, 11) is -4.65. The first kappa shape index (κ1) is 38.6. The van der Waals surface area contributed by atoms with Gasteiger partial charge in [-0.05, 0) is 35.3 Å². The van der Waals surface area contributed by atoms with Gasteiger partial charge in [0.25, 0.3) is 0 Å². The van der Waals surface area contributed by atoms with E-state index in [-0.39, 0.29) is 13.5 Å². The molecule has 0 amide bonds. The Labute approximate surface area is 271 Å². The zero-order chi connectivity index (χ0) is 33.7. The number of hydrogen-bond acceptors (Lipinski definition) is 9. The molecule has 0 aliphatic rings. The predicted octanol–water partition coefficient (Wildman–Crippen LogP) is 5.57. The molecule has 0 saturated carbocycles. The van der Waals surface area contributed by atoms with Crippen molar-refractivity contribution in [2.75, 3.05) is 46.6 Å². The Bertz CT molecular complexity index is 1260. The van der Waals surface area contributed by atoms with Gasteiger partial charge in [0.1, 0.15) is 25.8 Å². The zero-order valence-electron chi connectivity index (χ0n) is 28.0. The molecule has 0 radical (unpaired) electrons. The van der Waals surface area contributed by atoms with Crippen molar-refractivity contribution in [1.29, 1.82) is 0 Å². The van der Waals surface area contributed by atoms with Crippen molar-refractivity contribution in [3.63, 3.8) is 0 Å². The van der Waals surface area contributed by atoms with Gasteiger partial charge in [-0.2, -0.15) is 4.31 Å². The van der Waals surface area contributed by atoms with Gasteiger partial charge >= 0.3 is 11.9 Å². The molecule has 10 nitrogen and oxygen atoms in total. The minimum absolute atomic E-state index is 0.208. The molecule has 2 aromatic carbocycles. The van der Waals surface area contributed by atoms with E-state index >= 15 is 0 Å². The lowest BCUT2D eigenvalue weighted by Gasteiger charge is -2.28. The quantitative estimate of drug-likeness (QED) is 0.0582. The molecule has 0 spiro atoms. The summed E-state index contributed by atoms with van der Waals surface area (Å²) in [6, 6.07) is 18.1. The minimum atomic E-state index is -4.13. The standard InChI is InChI=1S/C32H51NO9SSi2/c1-38-31(34)30(32(35)39-2)29(27-14-16-28(17-15-27)42-22-26-12-10-9-11-13-26)23-43(36,37)33(24-40-18-20-44(3,4)5)25-41-19-21-45(6,7)8/h9-17,29-30H,18-25H2,1-8H3. The molecule has 0 aliphatic carbocycles. The molecular formula is C32H51NO9SSi2. The number of rotatable bonds is 20. The molecule has 0 heterocycles. The molecule has 45 heavy (non-hydrogen) atoms. The molecule has 0 N–H and O–H groups in total. The van der Waals surface area contributed by atoms with Crippen LogP contribution in [-0.2, 0) is 45.2 Å². The molecular weight excluding hydrogens is 631 g/mol. The van der Waals surface area contributed by atoms with E-state index in [1.54, 1.807) is 24.3 Å². The Hall–Kier alpha value is -2.56. The summed E-state index contributed by atoms with van der Waals surface area (Å²) in [6.45, 7) is 14.0. The number of esters is 2. The molecule has 2 rings (SSSR count). The lowest BCUT2D eigenvalue weighted by molar-refractivity contribution is -0.159. The van der Waals surface area contributed by atoms with Gasteiger partial charge in [-0.25, -0.2) is 8.42 Å². The summed E-state index contributed by atoms with van der Waals surface area (Å²) < 4.78 is 56.6. The van der Waals surface area contributed by atoms with E-state index in [1.807, 2.05) is 30.3 Å². The largest absolute Gasteiger partial charge is 0.489 e. The molecule has 2 aromatic rings. The normalized spacial score (nSPS) is 13.1. The highest BCUT2D eigenvalue weighted by molar-refractivity contribution is 7.89. The highest BCUT2D eigenvalue weighted by Gasteiger charge is 2.42. The second-order valence-corrected chi connectivity index (χ2v) is 26.7. The van der Waals surface area contributed by atoms with Crippen molar-refractivity contribution in [1.82, 2.24) is 4.31 Å². The van der Waals surface area contributed by atoms with Gasteiger partial charge in [0, 0.05) is 35.3 Å². The van der Waals surface area contributed by atoms with Crippen LogP contribution >= 0.6 is 0 Å². The number of carbonyl (C=O) groups is 2. The van der Waals surface area contributed by atoms with Crippen molar-refractivity contribution in [2.45, 2.75) is 63.9 Å². The number of nitrogens with zero attached hydrogens (tertiary/aromatic N) is 1. The first-order valence-electron chi connectivity index (χ1n) is 15.1. The zero-order valence-corrected chi connectivity index (χ0v) is 30.9. The Kier molecular flexibility index (Phi) is 15.4. The van der Waals surface area contributed by atoms with Crippen molar-refractivity contribution in [2.24, 2.45) is 5.92 Å². The Morgan fingerprint density at radius 3 is 1.69 bits per heavy atom. The third-order valence-corrected chi connectivity index (χ3v) is 12.3. The second-order valence-electron chi connectivity index (χ2n) is 13.4. The maximum Gasteiger partial charge on any atom is 0.320 e. The van der Waals surface area contributed by atoms with E-state index in [0.29, 0.717) is 31.1 Å². The first-order valence-corrected chi connectivity index (χ1v) is 24.1. The van der Waals surface area contributed by atoms with Crippen LogP contribution in [0.25, 0.3) is 0 Å². The summed E-state index contributed by atoms with van der Waals surface area (Å²) in [5.41, 5.74) is 1.42. The van der Waals surface area contributed by atoms with E-state index < -0.39 is 55.7 Å². The first-order chi connectivity index (χ1) is 21.1. The van der Waals surface area contributed by atoms with Crippen LogP contribution in [0, 0.1) is 5.92 Å². The third kappa shape index (κ3) is 14.2. The number of benzene rings is 2. The van der Waals surface area contributed by atoms with E-state index in [4.69, 9.17) is 23.7 Å². The van der Waals surface area contributed by atoms with Crippen LogP contribution < -0.4 is 4.74 Å². The Morgan fingerprint density at radius 1 is 0.756 bits per heavy atom. The molecule has 1 unspecified atom stereocenters. The summed E-state index contributed by atoms with van der Waals surface area (Å²) in [4.78, 5) is 25.8. The lowest BCUT2D eigenvalue weighted by Crippen LogP contribution is -2.42. The molecule has 0 bridgehead atoms. The molecule has 0 saturated heterocycles. The van der Waals surface area contributed by atoms with E-state index in [1.165, 1.54) is 0 Å². The highest BCUT2D eigenvalue weighted by atomic mass is 32.2. The molecule has 13 heteroatoms. The van der Waals surface area contributed by atoms with Crippen molar-refractivity contribution in [3.8, 4) is 5.75 Å². The topological polar surface area (TPSA) is 118 Å². The van der Waals surface area contributed by atoms with Crippen LogP contribution in [0.2, 0.25) is 51.4 Å². The summed E-state index contributed by atoms with van der Waals surface area (Å²) in [5.74, 6) is -4.46. The highest BCUT2D eigenvalue weighted by Crippen LogP contribution is 2.31. The molecule has 1 atom stereocenters. The Balaban J connectivity index is 2.37. The Morgan fingerprint density at radius 2 is 1.24 bits per heavy atom. The number of ether oxygens (including phenoxy) is 5. The molecule has 0 fully saturated rings. The average molecular weight is 682 g/mol. The van der Waals surface area contributed by atoms with Crippen LogP contribution in [0.3, 0.4) is 0 Å². The fourth-order valence-electron chi connectivity index (χ4n) is 4.24. The van der Waals surface area contributed by atoms with Gasteiger partial charge < -0.3 is 23.7 Å². The van der Waals surface area contributed by atoms with Crippen LogP contribution in [-0.4, -0.2) is 87.5 Å². The van der Waals surface area contributed by atoms with E-state index in [9.17, 15) is 18.0 Å². The van der Waals surface area contributed by atoms with Crippen molar-refractivity contribution in [3.05, 3.63) is 65.7 Å². The van der Waals surface area contributed by atoms with Crippen LogP contribution in [0.4, 0.5) is 0 Å². The van der Waals surface area contributed by atoms with E-state index in [2.05, 4.69) is 39.3 Å². The van der Waals surface area contributed by atoms with E-state index in [0.717, 1.165) is 36.2 Å². The maximum atomic E-state index is 14.0. The lowest BCUT2D eigenvalue weighted by atomic mass is 9.87. The minimum Gasteiger partial charge on any atom is -0.489 e. The van der Waals surface area contributed by atoms with Crippen molar-refractivity contribution < 1.29 is 41.7 Å². The molecule has 0 aromatic heterocycles. The second kappa shape index (κ2) is 18.0. The van der Waals surface area contributed by atoms with Crippen LogP contribution in [0.5, 0.6) is 5.75 Å².